The standard InChI is InChI=1S/C13H18N2O3S2/c1-3-18-12(17)11-15-9(7-19-11)10(16)14-8-13(2)5-4-6-20-13/h7H,3-6,8H2,1-2H3,(H,14,16). The number of amides is 1. The fourth-order valence-electron chi connectivity index (χ4n) is 2.00. The van der Waals surface area contributed by atoms with E-state index in [2.05, 4.69) is 17.2 Å². The van der Waals surface area contributed by atoms with Crippen LogP contribution in [0.25, 0.3) is 0 Å². The molecule has 1 atom stereocenters. The highest BCUT2D eigenvalue weighted by atomic mass is 32.2. The van der Waals surface area contributed by atoms with E-state index in [1.807, 2.05) is 11.8 Å². The van der Waals surface area contributed by atoms with Crippen LogP contribution in [-0.4, -0.2) is 40.5 Å². The van der Waals surface area contributed by atoms with E-state index < -0.39 is 5.97 Å². The van der Waals surface area contributed by atoms with Crippen LogP contribution in [0.5, 0.6) is 0 Å². The number of thiazole rings is 1. The lowest BCUT2D eigenvalue weighted by molar-refractivity contribution is 0.0526. The topological polar surface area (TPSA) is 68.3 Å². The zero-order valence-electron chi connectivity index (χ0n) is 11.6. The number of ether oxygens (including phenoxy) is 1. The van der Waals surface area contributed by atoms with Gasteiger partial charge in [0.25, 0.3) is 5.91 Å². The van der Waals surface area contributed by atoms with Crippen LogP contribution in [0.1, 0.15) is 47.0 Å². The number of nitrogens with one attached hydrogen (secondary N) is 1. The van der Waals surface area contributed by atoms with Gasteiger partial charge in [0.1, 0.15) is 5.69 Å². The molecule has 1 N–H and O–H groups in total. The van der Waals surface area contributed by atoms with Crippen molar-refractivity contribution in [1.29, 1.82) is 0 Å². The van der Waals surface area contributed by atoms with Crippen molar-refractivity contribution in [2.24, 2.45) is 0 Å². The highest BCUT2D eigenvalue weighted by molar-refractivity contribution is 8.00. The van der Waals surface area contributed by atoms with Crippen LogP contribution < -0.4 is 5.32 Å². The molecule has 0 radical (unpaired) electrons. The maximum absolute atomic E-state index is 12.0. The first-order valence-electron chi connectivity index (χ1n) is 6.59. The summed E-state index contributed by atoms with van der Waals surface area (Å²) in [6.07, 6.45) is 2.31. The number of carbonyl (C=O) groups excluding carboxylic acids is 2. The SMILES string of the molecule is CCOC(=O)c1nc(C(=O)NCC2(C)CCCS2)cs1. The van der Waals surface area contributed by atoms with Gasteiger partial charge in [-0.15, -0.1) is 11.3 Å². The van der Waals surface area contributed by atoms with Crippen LogP contribution in [0, 0.1) is 0 Å². The van der Waals surface area contributed by atoms with Gasteiger partial charge in [-0.05, 0) is 32.4 Å². The zero-order chi connectivity index (χ0) is 14.6. The van der Waals surface area contributed by atoms with Gasteiger partial charge in [-0.2, -0.15) is 11.8 Å². The van der Waals surface area contributed by atoms with Crippen molar-refractivity contribution in [2.75, 3.05) is 18.9 Å². The molecule has 1 saturated heterocycles. The van der Waals surface area contributed by atoms with Gasteiger partial charge in [-0.25, -0.2) is 9.78 Å². The summed E-state index contributed by atoms with van der Waals surface area (Å²) in [7, 11) is 0. The number of aromatic nitrogens is 1. The number of nitrogens with zero attached hydrogens (tertiary/aromatic N) is 1. The van der Waals surface area contributed by atoms with E-state index in [1.165, 1.54) is 6.42 Å². The van der Waals surface area contributed by atoms with Crippen molar-refractivity contribution in [3.8, 4) is 0 Å². The van der Waals surface area contributed by atoms with Gasteiger partial charge in [-0.1, -0.05) is 0 Å². The zero-order valence-corrected chi connectivity index (χ0v) is 13.2. The van der Waals surface area contributed by atoms with E-state index in [-0.39, 0.29) is 21.4 Å². The first-order chi connectivity index (χ1) is 9.54. The Kier molecular flexibility index (Phi) is 5.04. The van der Waals surface area contributed by atoms with Crippen LogP contribution in [-0.2, 0) is 4.74 Å². The Hall–Kier alpha value is -1.08. The van der Waals surface area contributed by atoms with Crippen molar-refractivity contribution in [2.45, 2.75) is 31.4 Å². The number of hydrogen-bond acceptors (Lipinski definition) is 6. The number of hydrogen-bond donors (Lipinski definition) is 1. The molecule has 1 fully saturated rings. The Balaban J connectivity index is 1.91. The lowest BCUT2D eigenvalue weighted by Gasteiger charge is -2.22. The summed E-state index contributed by atoms with van der Waals surface area (Å²) in [5.74, 6) is 0.441. The first kappa shape index (κ1) is 15.3. The smallest absolute Gasteiger partial charge is 0.367 e. The van der Waals surface area contributed by atoms with Gasteiger partial charge in [0.05, 0.1) is 6.61 Å². The van der Waals surface area contributed by atoms with Crippen molar-refractivity contribution in [1.82, 2.24) is 10.3 Å². The van der Waals surface area contributed by atoms with Gasteiger partial charge < -0.3 is 10.1 Å². The summed E-state index contributed by atoms with van der Waals surface area (Å²) < 4.78 is 4.97. The van der Waals surface area contributed by atoms with E-state index >= 15 is 0 Å². The molecule has 0 aromatic carbocycles. The van der Waals surface area contributed by atoms with E-state index in [0.29, 0.717) is 13.2 Å². The van der Waals surface area contributed by atoms with Crippen LogP contribution in [0.2, 0.25) is 0 Å². The highest BCUT2D eigenvalue weighted by Gasteiger charge is 2.30. The number of rotatable bonds is 5. The fraction of sp³-hybridized carbons (Fsp3) is 0.615. The van der Waals surface area contributed by atoms with Gasteiger partial charge in [0, 0.05) is 16.7 Å². The average molecular weight is 314 g/mol. The Bertz CT molecular complexity index is 496. The van der Waals surface area contributed by atoms with E-state index in [9.17, 15) is 9.59 Å². The lowest BCUT2D eigenvalue weighted by atomic mass is 10.1. The summed E-state index contributed by atoms with van der Waals surface area (Å²) in [5, 5.41) is 4.71. The molecule has 5 nitrogen and oxygen atoms in total. The second-order valence-electron chi connectivity index (χ2n) is 4.84. The van der Waals surface area contributed by atoms with Crippen LogP contribution >= 0.6 is 23.1 Å². The molecule has 1 aliphatic heterocycles. The van der Waals surface area contributed by atoms with Crippen molar-refractivity contribution in [3.05, 3.63) is 16.1 Å². The van der Waals surface area contributed by atoms with Gasteiger partial charge in [0.2, 0.25) is 5.01 Å². The molecule has 1 amide bonds. The molecule has 0 saturated carbocycles. The van der Waals surface area contributed by atoms with Crippen LogP contribution in [0.15, 0.2) is 5.38 Å². The predicted octanol–water partition coefficient (Wildman–Crippen LogP) is 2.34. The Morgan fingerprint density at radius 3 is 3.00 bits per heavy atom. The van der Waals surface area contributed by atoms with E-state index in [0.717, 1.165) is 23.5 Å². The van der Waals surface area contributed by atoms with Gasteiger partial charge >= 0.3 is 5.97 Å². The second-order valence-corrected chi connectivity index (χ2v) is 7.38. The molecule has 2 rings (SSSR count). The maximum Gasteiger partial charge on any atom is 0.367 e. The highest BCUT2D eigenvalue weighted by Crippen LogP contribution is 2.36. The van der Waals surface area contributed by atoms with Crippen molar-refractivity contribution >= 4 is 35.0 Å². The molecule has 1 aliphatic rings. The Labute approximate surface area is 126 Å². The summed E-state index contributed by atoms with van der Waals surface area (Å²) in [5.41, 5.74) is 0.282. The summed E-state index contributed by atoms with van der Waals surface area (Å²) in [6.45, 7) is 4.83. The van der Waals surface area contributed by atoms with Gasteiger partial charge in [0.15, 0.2) is 0 Å². The summed E-state index contributed by atoms with van der Waals surface area (Å²) >= 11 is 3.02. The van der Waals surface area contributed by atoms with Crippen molar-refractivity contribution < 1.29 is 14.3 Å². The minimum Gasteiger partial charge on any atom is -0.461 e. The molecule has 1 unspecified atom stereocenters. The van der Waals surface area contributed by atoms with Crippen molar-refractivity contribution in [3.63, 3.8) is 0 Å². The molecule has 0 aliphatic carbocycles. The molecule has 0 spiro atoms. The van der Waals surface area contributed by atoms with Crippen LogP contribution in [0.3, 0.4) is 0 Å². The average Bonchev–Trinajstić information content (AvgIpc) is 3.06. The largest absolute Gasteiger partial charge is 0.461 e. The summed E-state index contributed by atoms with van der Waals surface area (Å²) in [4.78, 5) is 27.5. The third-order valence-electron chi connectivity index (χ3n) is 3.11. The summed E-state index contributed by atoms with van der Waals surface area (Å²) in [6, 6.07) is 0. The number of thioether (sulfide) groups is 1. The minimum atomic E-state index is -0.477. The molecular weight excluding hydrogens is 296 g/mol. The number of carbonyl (C=O) groups is 2. The molecule has 2 heterocycles. The quantitative estimate of drug-likeness (QED) is 0.845. The van der Waals surface area contributed by atoms with Gasteiger partial charge in [-0.3, -0.25) is 4.79 Å². The fourth-order valence-corrected chi connectivity index (χ4v) is 3.93. The van der Waals surface area contributed by atoms with E-state index in [4.69, 9.17) is 4.74 Å². The lowest BCUT2D eigenvalue weighted by Crippen LogP contribution is -2.36. The third kappa shape index (κ3) is 3.73. The molecular formula is C13H18N2O3S2. The first-order valence-corrected chi connectivity index (χ1v) is 8.45. The molecule has 0 bridgehead atoms. The molecule has 1 aromatic rings. The minimum absolute atomic E-state index is 0.121. The maximum atomic E-state index is 12.0. The second kappa shape index (κ2) is 6.58. The van der Waals surface area contributed by atoms with E-state index in [1.54, 1.807) is 12.3 Å². The Morgan fingerprint density at radius 1 is 1.55 bits per heavy atom. The molecule has 20 heavy (non-hydrogen) atoms. The Morgan fingerprint density at radius 2 is 2.35 bits per heavy atom. The number of esters is 1. The molecule has 1 aromatic heterocycles. The predicted molar refractivity (Wildman–Crippen MR) is 80.5 cm³/mol. The van der Waals surface area contributed by atoms with Crippen LogP contribution in [0.4, 0.5) is 0 Å². The molecule has 7 heteroatoms. The monoisotopic (exact) mass is 314 g/mol. The third-order valence-corrected chi connectivity index (χ3v) is 5.47. The normalized spacial score (nSPS) is 21.7. The molecule has 110 valence electrons.